The van der Waals surface area contributed by atoms with Crippen LogP contribution in [0.1, 0.15) is 49.0 Å². The summed E-state index contributed by atoms with van der Waals surface area (Å²) in [7, 11) is 1.87. The molecule has 0 unspecified atom stereocenters. The molecule has 1 aliphatic heterocycles. The van der Waals surface area contributed by atoms with Gasteiger partial charge in [-0.1, -0.05) is 19.9 Å². The molecule has 110 valence electrons. The van der Waals surface area contributed by atoms with Gasteiger partial charge in [0.2, 0.25) is 0 Å². The number of likely N-dealkylation sites (tertiary alicyclic amines) is 1. The van der Waals surface area contributed by atoms with Crippen LogP contribution in [0.25, 0.3) is 0 Å². The summed E-state index contributed by atoms with van der Waals surface area (Å²) >= 11 is 0. The van der Waals surface area contributed by atoms with E-state index in [2.05, 4.69) is 19.2 Å². The number of nitrogens with zero attached hydrogens (tertiary/aromatic N) is 1. The Morgan fingerprint density at radius 3 is 2.70 bits per heavy atom. The van der Waals surface area contributed by atoms with Crippen LogP contribution in [0.2, 0.25) is 0 Å². The zero-order valence-electron chi connectivity index (χ0n) is 13.1. The Bertz CT molecular complexity index is 494. The fourth-order valence-electron chi connectivity index (χ4n) is 2.85. The minimum absolute atomic E-state index is 0.159. The van der Waals surface area contributed by atoms with Crippen LogP contribution in [0, 0.1) is 12.3 Å². The molecule has 1 aromatic carbocycles. The standard InChI is InChI=1S/C17H26N2O/c1-13-6-7-14(15(12-13)18-4)16(20)19-10-5-8-17(2,3)9-11-19/h6-7,12,18H,5,8-11H2,1-4H3. The van der Waals surface area contributed by atoms with Crippen LogP contribution in [-0.4, -0.2) is 30.9 Å². The molecule has 0 radical (unpaired) electrons. The van der Waals surface area contributed by atoms with Crippen molar-refractivity contribution in [3.63, 3.8) is 0 Å². The van der Waals surface area contributed by atoms with Crippen LogP contribution < -0.4 is 5.32 Å². The first kappa shape index (κ1) is 14.9. The third kappa shape index (κ3) is 3.33. The van der Waals surface area contributed by atoms with Crippen molar-refractivity contribution in [2.24, 2.45) is 5.41 Å². The van der Waals surface area contributed by atoms with E-state index < -0.39 is 0 Å². The molecule has 3 nitrogen and oxygen atoms in total. The third-order valence-corrected chi connectivity index (χ3v) is 4.30. The quantitative estimate of drug-likeness (QED) is 0.892. The smallest absolute Gasteiger partial charge is 0.255 e. The second-order valence-electron chi connectivity index (χ2n) is 6.61. The van der Waals surface area contributed by atoms with E-state index in [-0.39, 0.29) is 5.91 Å². The fourth-order valence-corrected chi connectivity index (χ4v) is 2.85. The second kappa shape index (κ2) is 5.86. The summed E-state index contributed by atoms with van der Waals surface area (Å²) in [6.07, 6.45) is 3.38. The molecule has 3 heteroatoms. The number of benzene rings is 1. The first-order valence-electron chi connectivity index (χ1n) is 7.51. The molecule has 1 aromatic rings. The number of amides is 1. The Kier molecular flexibility index (Phi) is 4.36. The van der Waals surface area contributed by atoms with Gasteiger partial charge in [-0.05, 0) is 49.3 Å². The molecule has 1 amide bonds. The van der Waals surface area contributed by atoms with Gasteiger partial charge < -0.3 is 10.2 Å². The molecule has 2 rings (SSSR count). The molecule has 1 saturated heterocycles. The summed E-state index contributed by atoms with van der Waals surface area (Å²) in [5, 5.41) is 3.14. The lowest BCUT2D eigenvalue weighted by atomic mass is 9.85. The lowest BCUT2D eigenvalue weighted by Gasteiger charge is -2.24. The maximum absolute atomic E-state index is 12.7. The molecule has 0 saturated carbocycles. The predicted octanol–water partition coefficient (Wildman–Crippen LogP) is 3.69. The number of aryl methyl sites for hydroxylation is 1. The van der Waals surface area contributed by atoms with E-state index in [1.165, 1.54) is 12.0 Å². The van der Waals surface area contributed by atoms with Crippen molar-refractivity contribution >= 4 is 11.6 Å². The van der Waals surface area contributed by atoms with Crippen molar-refractivity contribution in [3.8, 4) is 0 Å². The van der Waals surface area contributed by atoms with Gasteiger partial charge in [0.15, 0.2) is 0 Å². The first-order chi connectivity index (χ1) is 9.43. The molecule has 0 atom stereocenters. The molecule has 1 fully saturated rings. The van der Waals surface area contributed by atoms with Crippen LogP contribution >= 0.6 is 0 Å². The van der Waals surface area contributed by atoms with Crippen LogP contribution in [0.4, 0.5) is 5.69 Å². The van der Waals surface area contributed by atoms with Gasteiger partial charge in [0.05, 0.1) is 5.56 Å². The van der Waals surface area contributed by atoms with E-state index in [0.717, 1.165) is 37.2 Å². The number of nitrogens with one attached hydrogen (secondary N) is 1. The van der Waals surface area contributed by atoms with Crippen molar-refractivity contribution in [1.82, 2.24) is 4.90 Å². The molecule has 0 bridgehead atoms. The fraction of sp³-hybridized carbons (Fsp3) is 0.588. The third-order valence-electron chi connectivity index (χ3n) is 4.30. The average molecular weight is 274 g/mol. The van der Waals surface area contributed by atoms with Crippen molar-refractivity contribution in [3.05, 3.63) is 29.3 Å². The Balaban J connectivity index is 2.19. The van der Waals surface area contributed by atoms with Gasteiger partial charge in [0.1, 0.15) is 0 Å². The highest BCUT2D eigenvalue weighted by Gasteiger charge is 2.26. The average Bonchev–Trinajstić information content (AvgIpc) is 2.59. The van der Waals surface area contributed by atoms with Gasteiger partial charge in [-0.2, -0.15) is 0 Å². The van der Waals surface area contributed by atoms with Crippen molar-refractivity contribution < 1.29 is 4.79 Å². The Morgan fingerprint density at radius 2 is 2.00 bits per heavy atom. The zero-order chi connectivity index (χ0) is 14.8. The minimum atomic E-state index is 0.159. The molecule has 0 spiro atoms. The van der Waals surface area contributed by atoms with Crippen LogP contribution in [0.3, 0.4) is 0 Å². The van der Waals surface area contributed by atoms with Gasteiger partial charge in [-0.15, -0.1) is 0 Å². The molecule has 0 aliphatic carbocycles. The first-order valence-corrected chi connectivity index (χ1v) is 7.51. The second-order valence-corrected chi connectivity index (χ2v) is 6.61. The van der Waals surface area contributed by atoms with Crippen molar-refractivity contribution in [1.29, 1.82) is 0 Å². The lowest BCUT2D eigenvalue weighted by molar-refractivity contribution is 0.0758. The number of hydrogen-bond donors (Lipinski definition) is 1. The summed E-state index contributed by atoms with van der Waals surface area (Å²) < 4.78 is 0. The number of rotatable bonds is 2. The SMILES string of the molecule is CNc1cc(C)ccc1C(=O)N1CCCC(C)(C)CC1. The molecule has 1 heterocycles. The maximum atomic E-state index is 12.7. The van der Waals surface area contributed by atoms with Crippen LogP contribution in [0.15, 0.2) is 18.2 Å². The van der Waals surface area contributed by atoms with E-state index in [9.17, 15) is 4.79 Å². The summed E-state index contributed by atoms with van der Waals surface area (Å²) in [5.74, 6) is 0.159. The van der Waals surface area contributed by atoms with E-state index in [1.807, 2.05) is 37.1 Å². The highest BCUT2D eigenvalue weighted by Crippen LogP contribution is 2.30. The number of carbonyl (C=O) groups is 1. The predicted molar refractivity (Wildman–Crippen MR) is 84.3 cm³/mol. The van der Waals surface area contributed by atoms with Crippen LogP contribution in [0.5, 0.6) is 0 Å². The molecule has 0 aromatic heterocycles. The Labute approximate surface area is 122 Å². The van der Waals surface area contributed by atoms with Gasteiger partial charge in [0, 0.05) is 25.8 Å². The monoisotopic (exact) mass is 274 g/mol. The normalized spacial score (nSPS) is 18.5. The van der Waals surface area contributed by atoms with Gasteiger partial charge in [-0.3, -0.25) is 4.79 Å². The van der Waals surface area contributed by atoms with E-state index >= 15 is 0 Å². The largest absolute Gasteiger partial charge is 0.387 e. The van der Waals surface area contributed by atoms with E-state index in [0.29, 0.717) is 5.41 Å². The summed E-state index contributed by atoms with van der Waals surface area (Å²) in [4.78, 5) is 14.8. The number of anilines is 1. The maximum Gasteiger partial charge on any atom is 0.255 e. The molecule has 1 aliphatic rings. The molecule has 1 N–H and O–H groups in total. The van der Waals surface area contributed by atoms with Gasteiger partial charge in [-0.25, -0.2) is 0 Å². The van der Waals surface area contributed by atoms with Gasteiger partial charge in [0.25, 0.3) is 5.91 Å². The lowest BCUT2D eigenvalue weighted by Crippen LogP contribution is -2.32. The highest BCUT2D eigenvalue weighted by atomic mass is 16.2. The molecular weight excluding hydrogens is 248 g/mol. The van der Waals surface area contributed by atoms with Crippen molar-refractivity contribution in [2.45, 2.75) is 40.0 Å². The van der Waals surface area contributed by atoms with E-state index in [4.69, 9.17) is 0 Å². The summed E-state index contributed by atoms with van der Waals surface area (Å²) in [6.45, 7) is 8.38. The molecule has 20 heavy (non-hydrogen) atoms. The highest BCUT2D eigenvalue weighted by molar-refractivity contribution is 5.99. The Hall–Kier alpha value is -1.51. The Morgan fingerprint density at radius 1 is 1.25 bits per heavy atom. The molecular formula is C17H26N2O. The zero-order valence-corrected chi connectivity index (χ0v) is 13.1. The van der Waals surface area contributed by atoms with Gasteiger partial charge >= 0.3 is 0 Å². The minimum Gasteiger partial charge on any atom is -0.387 e. The van der Waals surface area contributed by atoms with Crippen LogP contribution in [-0.2, 0) is 0 Å². The van der Waals surface area contributed by atoms with Crippen molar-refractivity contribution in [2.75, 3.05) is 25.5 Å². The topological polar surface area (TPSA) is 32.3 Å². The summed E-state index contributed by atoms with van der Waals surface area (Å²) in [6, 6.07) is 5.99. The number of carbonyl (C=O) groups excluding carboxylic acids is 1. The number of hydrogen-bond acceptors (Lipinski definition) is 2. The van der Waals surface area contributed by atoms with E-state index in [1.54, 1.807) is 0 Å². The summed E-state index contributed by atoms with van der Waals surface area (Å²) in [5.41, 5.74) is 3.24.